The second-order valence-electron chi connectivity index (χ2n) is 6.90. The maximum Gasteiger partial charge on any atom is 0.312 e. The van der Waals surface area contributed by atoms with E-state index in [1.54, 1.807) is 5.38 Å². The summed E-state index contributed by atoms with van der Waals surface area (Å²) in [5, 5.41) is 5.15. The van der Waals surface area contributed by atoms with Crippen molar-refractivity contribution in [2.24, 2.45) is 0 Å². The zero-order valence-corrected chi connectivity index (χ0v) is 17.2. The highest BCUT2D eigenvalue weighted by Gasteiger charge is 2.24. The molecule has 1 heterocycles. The molecule has 1 aliphatic carbocycles. The van der Waals surface area contributed by atoms with Crippen molar-refractivity contribution in [2.75, 3.05) is 20.2 Å². The molecule has 0 bridgehead atoms. The number of amides is 2. The van der Waals surface area contributed by atoms with Crippen LogP contribution in [0.3, 0.4) is 0 Å². The number of halogens is 1. The second-order valence-corrected chi connectivity index (χ2v) is 7.85. The van der Waals surface area contributed by atoms with Crippen LogP contribution in [0.5, 0.6) is 5.75 Å². The van der Waals surface area contributed by atoms with Crippen LogP contribution in [0.25, 0.3) is 0 Å². The number of hydrogen-bond acceptors (Lipinski definition) is 7. The minimum absolute atomic E-state index is 0.0730. The van der Waals surface area contributed by atoms with Crippen LogP contribution in [0, 0.1) is 5.82 Å². The summed E-state index contributed by atoms with van der Waals surface area (Å²) in [6.07, 6.45) is 1.86. The van der Waals surface area contributed by atoms with Gasteiger partial charge in [-0.2, -0.15) is 0 Å². The van der Waals surface area contributed by atoms with Gasteiger partial charge in [0.25, 0.3) is 5.91 Å². The van der Waals surface area contributed by atoms with Crippen molar-refractivity contribution in [2.45, 2.75) is 31.9 Å². The van der Waals surface area contributed by atoms with Crippen molar-refractivity contribution in [1.82, 2.24) is 15.2 Å². The molecule has 0 atom stereocenters. The fourth-order valence-electron chi connectivity index (χ4n) is 2.43. The number of hydrogen-bond donors (Lipinski definition) is 1. The first kappa shape index (κ1) is 21.7. The molecule has 0 spiro atoms. The van der Waals surface area contributed by atoms with E-state index in [0.717, 1.165) is 12.8 Å². The molecule has 1 fully saturated rings. The number of nitrogens with zero attached hydrogens (tertiary/aromatic N) is 2. The molecule has 1 saturated carbocycles. The highest BCUT2D eigenvalue weighted by molar-refractivity contribution is 7.09. The van der Waals surface area contributed by atoms with E-state index in [0.29, 0.717) is 16.5 Å². The van der Waals surface area contributed by atoms with Crippen molar-refractivity contribution >= 4 is 29.1 Å². The van der Waals surface area contributed by atoms with Gasteiger partial charge in [0, 0.05) is 18.5 Å². The Labute approximate surface area is 177 Å². The molecular formula is C20H22FN3O5S. The normalized spacial score (nSPS) is 12.9. The molecule has 2 amide bonds. The number of carbonyl (C=O) groups is 3. The van der Waals surface area contributed by atoms with E-state index in [9.17, 15) is 18.8 Å². The highest BCUT2D eigenvalue weighted by Crippen LogP contribution is 2.18. The van der Waals surface area contributed by atoms with Gasteiger partial charge in [0.2, 0.25) is 5.91 Å². The summed E-state index contributed by atoms with van der Waals surface area (Å²) in [7, 11) is 1.48. The number of likely N-dealkylation sites (N-methyl/N-ethyl adjacent to an activating group) is 1. The fraction of sp³-hybridized carbons (Fsp3) is 0.400. The molecule has 1 aromatic heterocycles. The SMILES string of the molecule is CN(CC(=O)NC1CC1)C(=O)COC(=O)Cc1csc(COc2ccc(F)cc2)n1. The highest BCUT2D eigenvalue weighted by atomic mass is 32.1. The van der Waals surface area contributed by atoms with Gasteiger partial charge in [0.05, 0.1) is 18.7 Å². The van der Waals surface area contributed by atoms with Crippen LogP contribution in [0.2, 0.25) is 0 Å². The first-order valence-electron chi connectivity index (χ1n) is 9.39. The largest absolute Gasteiger partial charge is 0.486 e. The van der Waals surface area contributed by atoms with Crippen LogP contribution in [0.4, 0.5) is 4.39 Å². The Morgan fingerprint density at radius 1 is 1.27 bits per heavy atom. The summed E-state index contributed by atoms with van der Waals surface area (Å²) in [6.45, 7) is -0.315. The lowest BCUT2D eigenvalue weighted by Gasteiger charge is -2.16. The van der Waals surface area contributed by atoms with Gasteiger partial charge in [-0.25, -0.2) is 9.37 Å². The van der Waals surface area contributed by atoms with Crippen molar-refractivity contribution in [3.8, 4) is 5.75 Å². The zero-order valence-electron chi connectivity index (χ0n) is 16.4. The van der Waals surface area contributed by atoms with Gasteiger partial charge >= 0.3 is 5.97 Å². The van der Waals surface area contributed by atoms with E-state index in [1.165, 1.54) is 47.5 Å². The van der Waals surface area contributed by atoms with E-state index in [1.807, 2.05) is 0 Å². The predicted octanol–water partition coefficient (Wildman–Crippen LogP) is 1.68. The lowest BCUT2D eigenvalue weighted by Crippen LogP contribution is -2.40. The molecule has 30 heavy (non-hydrogen) atoms. The van der Waals surface area contributed by atoms with E-state index in [4.69, 9.17) is 9.47 Å². The lowest BCUT2D eigenvalue weighted by molar-refractivity contribution is -0.151. The van der Waals surface area contributed by atoms with Gasteiger partial charge in [0.15, 0.2) is 6.61 Å². The predicted molar refractivity (Wildman–Crippen MR) is 106 cm³/mol. The maximum absolute atomic E-state index is 12.9. The summed E-state index contributed by atoms with van der Waals surface area (Å²) in [5.74, 6) is -1.10. The Morgan fingerprint density at radius 2 is 2.00 bits per heavy atom. The Hall–Kier alpha value is -3.01. The maximum atomic E-state index is 12.9. The number of nitrogens with one attached hydrogen (secondary N) is 1. The van der Waals surface area contributed by atoms with E-state index < -0.39 is 18.5 Å². The van der Waals surface area contributed by atoms with E-state index in [-0.39, 0.29) is 37.3 Å². The first-order chi connectivity index (χ1) is 14.4. The van der Waals surface area contributed by atoms with Gasteiger partial charge in [-0.15, -0.1) is 11.3 Å². The first-order valence-corrected chi connectivity index (χ1v) is 10.3. The van der Waals surface area contributed by atoms with Crippen molar-refractivity contribution in [3.63, 3.8) is 0 Å². The number of thiazole rings is 1. The average Bonchev–Trinajstić information content (AvgIpc) is 3.41. The molecule has 0 unspecified atom stereocenters. The minimum atomic E-state index is -0.588. The molecule has 2 aromatic rings. The van der Waals surface area contributed by atoms with Gasteiger partial charge in [-0.1, -0.05) is 0 Å². The van der Waals surface area contributed by atoms with E-state index >= 15 is 0 Å². The smallest absolute Gasteiger partial charge is 0.312 e. The topological polar surface area (TPSA) is 97.8 Å². The summed E-state index contributed by atoms with van der Waals surface area (Å²) >= 11 is 1.32. The Morgan fingerprint density at radius 3 is 2.70 bits per heavy atom. The van der Waals surface area contributed by atoms with Crippen LogP contribution >= 0.6 is 11.3 Å². The average molecular weight is 435 g/mol. The number of ether oxygens (including phenoxy) is 2. The van der Waals surface area contributed by atoms with Crippen molar-refractivity contribution < 1.29 is 28.2 Å². The van der Waals surface area contributed by atoms with Crippen LogP contribution < -0.4 is 10.1 Å². The number of carbonyl (C=O) groups excluding carboxylic acids is 3. The molecule has 3 rings (SSSR count). The number of esters is 1. The van der Waals surface area contributed by atoms with Gasteiger partial charge in [-0.05, 0) is 37.1 Å². The quantitative estimate of drug-likeness (QED) is 0.571. The van der Waals surface area contributed by atoms with Gasteiger partial charge in [0.1, 0.15) is 23.2 Å². The van der Waals surface area contributed by atoms with Crippen molar-refractivity contribution in [3.05, 3.63) is 46.2 Å². The van der Waals surface area contributed by atoms with Crippen LogP contribution in [0.1, 0.15) is 23.5 Å². The van der Waals surface area contributed by atoms with E-state index in [2.05, 4.69) is 10.3 Å². The third-order valence-electron chi connectivity index (χ3n) is 4.21. The molecule has 0 aliphatic heterocycles. The Bertz CT molecular complexity index is 898. The molecule has 0 saturated heterocycles. The van der Waals surface area contributed by atoms with Crippen LogP contribution in [0.15, 0.2) is 29.6 Å². The van der Waals surface area contributed by atoms with Crippen LogP contribution in [-0.4, -0.2) is 53.9 Å². The Balaban J connectivity index is 1.36. The van der Waals surface area contributed by atoms with Gasteiger partial charge in [-0.3, -0.25) is 14.4 Å². The fourth-order valence-corrected chi connectivity index (χ4v) is 3.13. The van der Waals surface area contributed by atoms with Crippen molar-refractivity contribution in [1.29, 1.82) is 0 Å². The van der Waals surface area contributed by atoms with Gasteiger partial charge < -0.3 is 19.7 Å². The lowest BCUT2D eigenvalue weighted by atomic mass is 10.3. The standard InChI is InChI=1S/C20H22FN3O5S/c1-24(9-17(25)22-14-4-5-14)19(26)11-29-20(27)8-15-12-30-18(23-15)10-28-16-6-2-13(21)3-7-16/h2-3,6-7,12,14H,4-5,8-11H2,1H3,(H,22,25). The number of benzene rings is 1. The third-order valence-corrected chi connectivity index (χ3v) is 5.08. The molecule has 1 N–H and O–H groups in total. The molecule has 0 radical (unpaired) electrons. The minimum Gasteiger partial charge on any atom is -0.486 e. The summed E-state index contributed by atoms with van der Waals surface area (Å²) in [4.78, 5) is 41.2. The number of rotatable bonds is 10. The molecule has 1 aromatic carbocycles. The summed E-state index contributed by atoms with van der Waals surface area (Å²) in [6, 6.07) is 5.87. The zero-order chi connectivity index (χ0) is 21.5. The summed E-state index contributed by atoms with van der Waals surface area (Å²) < 4.78 is 23.4. The molecule has 8 nitrogen and oxygen atoms in total. The second kappa shape index (κ2) is 10.1. The third kappa shape index (κ3) is 7.11. The van der Waals surface area contributed by atoms with Crippen LogP contribution in [-0.2, 0) is 32.1 Å². The summed E-state index contributed by atoms with van der Waals surface area (Å²) in [5.41, 5.74) is 0.507. The molecule has 1 aliphatic rings. The molecule has 160 valence electrons. The molecular weight excluding hydrogens is 413 g/mol. The monoisotopic (exact) mass is 435 g/mol. The number of aromatic nitrogens is 1. The Kier molecular flexibility index (Phi) is 7.34. The molecule has 10 heteroatoms.